The number of nitrogens with zero attached hydrogens (tertiary/aromatic N) is 1. The van der Waals surface area contributed by atoms with Crippen molar-refractivity contribution in [2.75, 3.05) is 18.4 Å². The minimum atomic E-state index is -3.57. The van der Waals surface area contributed by atoms with Gasteiger partial charge in [-0.05, 0) is 42.8 Å². The van der Waals surface area contributed by atoms with E-state index < -0.39 is 21.8 Å². The molecule has 27 heavy (non-hydrogen) atoms. The molecule has 1 aromatic carbocycles. The lowest BCUT2D eigenvalue weighted by atomic mass is 10.2. The summed E-state index contributed by atoms with van der Waals surface area (Å²) in [6.07, 6.45) is 1.37. The van der Waals surface area contributed by atoms with E-state index in [9.17, 15) is 18.0 Å². The number of thiophene rings is 1. The van der Waals surface area contributed by atoms with Gasteiger partial charge in [0.05, 0.1) is 0 Å². The summed E-state index contributed by atoms with van der Waals surface area (Å²) in [6, 6.07) is 10.1. The Kier molecular flexibility index (Phi) is 5.93. The van der Waals surface area contributed by atoms with E-state index in [0.717, 1.165) is 12.0 Å². The van der Waals surface area contributed by atoms with Crippen molar-refractivity contribution >= 4 is 38.9 Å². The van der Waals surface area contributed by atoms with Crippen molar-refractivity contribution in [1.29, 1.82) is 0 Å². The van der Waals surface area contributed by atoms with Crippen LogP contribution in [0.2, 0.25) is 0 Å². The van der Waals surface area contributed by atoms with E-state index in [2.05, 4.69) is 10.6 Å². The number of hydrogen-bond acceptors (Lipinski definition) is 5. The maximum absolute atomic E-state index is 12.7. The Labute approximate surface area is 162 Å². The molecule has 2 N–H and O–H groups in total. The number of sulfonamides is 1. The van der Waals surface area contributed by atoms with Gasteiger partial charge in [-0.15, -0.1) is 11.3 Å². The standard InChI is InChI=1S/C18H21N3O4S2/c1-13-6-2-3-8-15(13)20-18(23)17(22)19-12-14-7-4-10-21(14)27(24,25)16-9-5-11-26-16/h2-3,5-6,8-9,11,14H,4,7,10,12H2,1H3,(H,19,22)(H,20,23)/t14-/m0/s1. The van der Waals surface area contributed by atoms with Crippen LogP contribution >= 0.6 is 11.3 Å². The summed E-state index contributed by atoms with van der Waals surface area (Å²) in [6.45, 7) is 2.35. The van der Waals surface area contributed by atoms with Crippen LogP contribution in [0.1, 0.15) is 18.4 Å². The quantitative estimate of drug-likeness (QED) is 0.741. The molecule has 1 saturated heterocycles. The lowest BCUT2D eigenvalue weighted by Gasteiger charge is -2.23. The van der Waals surface area contributed by atoms with E-state index in [1.807, 2.05) is 19.1 Å². The topological polar surface area (TPSA) is 95.6 Å². The van der Waals surface area contributed by atoms with Crippen LogP contribution in [0.3, 0.4) is 0 Å². The molecule has 0 radical (unpaired) electrons. The Morgan fingerprint density at radius 3 is 2.67 bits per heavy atom. The Bertz CT molecular complexity index is 926. The van der Waals surface area contributed by atoms with Crippen LogP contribution in [0.15, 0.2) is 46.0 Å². The highest BCUT2D eigenvalue weighted by Crippen LogP contribution is 2.28. The average molecular weight is 408 g/mol. The van der Waals surface area contributed by atoms with Crippen molar-refractivity contribution in [1.82, 2.24) is 9.62 Å². The maximum atomic E-state index is 12.7. The highest BCUT2D eigenvalue weighted by atomic mass is 32.2. The minimum absolute atomic E-state index is 0.102. The van der Waals surface area contributed by atoms with Gasteiger partial charge in [0.15, 0.2) is 0 Å². The summed E-state index contributed by atoms with van der Waals surface area (Å²) < 4.78 is 27.1. The normalized spacial score (nSPS) is 17.6. The molecule has 2 amide bonds. The summed E-state index contributed by atoms with van der Waals surface area (Å²) in [5, 5.41) is 6.84. The fourth-order valence-electron chi connectivity index (χ4n) is 3.04. The van der Waals surface area contributed by atoms with E-state index in [4.69, 9.17) is 0 Å². The highest BCUT2D eigenvalue weighted by Gasteiger charge is 2.36. The molecule has 0 unspecified atom stereocenters. The first-order chi connectivity index (χ1) is 12.9. The SMILES string of the molecule is Cc1ccccc1NC(=O)C(=O)NC[C@@H]1CCCN1S(=O)(=O)c1cccs1. The maximum Gasteiger partial charge on any atom is 0.313 e. The van der Waals surface area contributed by atoms with Crippen LogP contribution in [0.4, 0.5) is 5.69 Å². The smallest absolute Gasteiger partial charge is 0.313 e. The number of hydrogen-bond donors (Lipinski definition) is 2. The van der Waals surface area contributed by atoms with Gasteiger partial charge in [0.1, 0.15) is 4.21 Å². The number of carbonyl (C=O) groups is 2. The first kappa shape index (κ1) is 19.5. The van der Waals surface area contributed by atoms with Crippen LogP contribution in [0, 0.1) is 6.92 Å². The highest BCUT2D eigenvalue weighted by molar-refractivity contribution is 7.91. The number of para-hydroxylation sites is 1. The Balaban J connectivity index is 1.59. The fourth-order valence-corrected chi connectivity index (χ4v) is 5.85. The van der Waals surface area contributed by atoms with Gasteiger partial charge < -0.3 is 10.6 Å². The lowest BCUT2D eigenvalue weighted by Crippen LogP contribution is -2.45. The van der Waals surface area contributed by atoms with Crippen LogP contribution in [-0.2, 0) is 19.6 Å². The van der Waals surface area contributed by atoms with E-state index in [0.29, 0.717) is 18.7 Å². The minimum Gasteiger partial charge on any atom is -0.346 e. The van der Waals surface area contributed by atoms with Crippen molar-refractivity contribution in [2.24, 2.45) is 0 Å². The van der Waals surface area contributed by atoms with Crippen LogP contribution < -0.4 is 10.6 Å². The Morgan fingerprint density at radius 2 is 1.96 bits per heavy atom. The van der Waals surface area contributed by atoms with Crippen molar-refractivity contribution in [3.8, 4) is 0 Å². The van der Waals surface area contributed by atoms with E-state index in [1.54, 1.807) is 29.6 Å². The zero-order chi connectivity index (χ0) is 19.4. The van der Waals surface area contributed by atoms with E-state index in [1.165, 1.54) is 15.6 Å². The molecule has 144 valence electrons. The lowest BCUT2D eigenvalue weighted by molar-refractivity contribution is -0.136. The van der Waals surface area contributed by atoms with Gasteiger partial charge in [-0.1, -0.05) is 24.3 Å². The molecule has 2 aromatic rings. The van der Waals surface area contributed by atoms with Crippen LogP contribution in [0.5, 0.6) is 0 Å². The summed E-state index contributed by atoms with van der Waals surface area (Å²) in [4.78, 5) is 24.2. The zero-order valence-corrected chi connectivity index (χ0v) is 16.5. The number of carbonyl (C=O) groups excluding carboxylic acids is 2. The summed E-state index contributed by atoms with van der Waals surface area (Å²) in [5.41, 5.74) is 1.42. The molecule has 1 atom stereocenters. The van der Waals surface area contributed by atoms with Crippen molar-refractivity contribution in [2.45, 2.75) is 30.0 Å². The number of amides is 2. The molecule has 9 heteroatoms. The third-order valence-corrected chi connectivity index (χ3v) is 7.80. The van der Waals surface area contributed by atoms with Gasteiger partial charge >= 0.3 is 11.8 Å². The first-order valence-electron chi connectivity index (χ1n) is 8.60. The number of anilines is 1. The summed E-state index contributed by atoms with van der Waals surface area (Å²) >= 11 is 1.17. The number of aryl methyl sites for hydroxylation is 1. The van der Waals surface area contributed by atoms with Gasteiger partial charge in [-0.2, -0.15) is 4.31 Å². The molecule has 1 aliphatic rings. The molecule has 7 nitrogen and oxygen atoms in total. The van der Waals surface area contributed by atoms with Gasteiger partial charge in [0, 0.05) is 24.8 Å². The molecule has 0 spiro atoms. The second-order valence-corrected chi connectivity index (χ2v) is 9.39. The molecule has 2 heterocycles. The van der Waals surface area contributed by atoms with E-state index >= 15 is 0 Å². The van der Waals surface area contributed by atoms with Gasteiger partial charge in [-0.3, -0.25) is 9.59 Å². The van der Waals surface area contributed by atoms with Gasteiger partial charge in [0.2, 0.25) is 0 Å². The molecular weight excluding hydrogens is 386 g/mol. The second kappa shape index (κ2) is 8.20. The van der Waals surface area contributed by atoms with Crippen molar-refractivity contribution in [3.05, 3.63) is 47.3 Å². The summed E-state index contributed by atoms with van der Waals surface area (Å²) in [5.74, 6) is -1.55. The molecular formula is C18H21N3O4S2. The molecule has 3 rings (SSSR count). The van der Waals surface area contributed by atoms with Gasteiger partial charge in [0.25, 0.3) is 10.0 Å². The summed E-state index contributed by atoms with van der Waals surface area (Å²) in [7, 11) is -3.57. The molecule has 1 aliphatic heterocycles. The third-order valence-electron chi connectivity index (χ3n) is 4.48. The Hall–Kier alpha value is -2.23. The number of nitrogens with one attached hydrogen (secondary N) is 2. The van der Waals surface area contributed by atoms with Gasteiger partial charge in [-0.25, -0.2) is 8.42 Å². The molecule has 1 aromatic heterocycles. The largest absolute Gasteiger partial charge is 0.346 e. The number of rotatable bonds is 5. The van der Waals surface area contributed by atoms with E-state index in [-0.39, 0.29) is 16.8 Å². The third kappa shape index (κ3) is 4.37. The Morgan fingerprint density at radius 1 is 1.19 bits per heavy atom. The molecule has 1 fully saturated rings. The second-order valence-electron chi connectivity index (χ2n) is 6.32. The monoisotopic (exact) mass is 407 g/mol. The predicted molar refractivity (Wildman–Crippen MR) is 104 cm³/mol. The number of benzene rings is 1. The zero-order valence-electron chi connectivity index (χ0n) is 14.8. The average Bonchev–Trinajstić information content (AvgIpc) is 3.33. The molecule has 0 bridgehead atoms. The first-order valence-corrected chi connectivity index (χ1v) is 10.9. The van der Waals surface area contributed by atoms with Crippen LogP contribution in [-0.4, -0.2) is 43.7 Å². The fraction of sp³-hybridized carbons (Fsp3) is 0.333. The van der Waals surface area contributed by atoms with Crippen molar-refractivity contribution in [3.63, 3.8) is 0 Å². The molecule has 0 saturated carbocycles. The van der Waals surface area contributed by atoms with Crippen molar-refractivity contribution < 1.29 is 18.0 Å². The molecule has 0 aliphatic carbocycles. The van der Waals surface area contributed by atoms with Crippen LogP contribution in [0.25, 0.3) is 0 Å². The predicted octanol–water partition coefficient (Wildman–Crippen LogP) is 1.96.